The molecule has 0 spiro atoms. The van der Waals surface area contributed by atoms with Crippen LogP contribution < -0.4 is 5.73 Å². The van der Waals surface area contributed by atoms with Crippen molar-refractivity contribution in [3.63, 3.8) is 0 Å². The highest BCUT2D eigenvalue weighted by Gasteiger charge is 2.21. The van der Waals surface area contributed by atoms with E-state index in [4.69, 9.17) is 10.5 Å². The van der Waals surface area contributed by atoms with Crippen molar-refractivity contribution in [1.82, 2.24) is 4.90 Å². The predicted molar refractivity (Wildman–Crippen MR) is 82.9 cm³/mol. The van der Waals surface area contributed by atoms with Crippen molar-refractivity contribution in [3.8, 4) is 0 Å². The van der Waals surface area contributed by atoms with Crippen LogP contribution in [0.25, 0.3) is 0 Å². The lowest BCUT2D eigenvalue weighted by molar-refractivity contribution is 0.0429. The Labute approximate surface area is 127 Å². The van der Waals surface area contributed by atoms with Crippen LogP contribution in [-0.2, 0) is 21.1 Å². The van der Waals surface area contributed by atoms with Crippen LogP contribution in [0.5, 0.6) is 0 Å². The molecule has 2 rings (SSSR count). The van der Waals surface area contributed by atoms with Gasteiger partial charge in [0.25, 0.3) is 0 Å². The molecule has 0 unspecified atom stereocenters. The number of likely N-dealkylation sites (tertiary alicyclic amines) is 1. The van der Waals surface area contributed by atoms with E-state index in [1.54, 1.807) is 31.4 Å². The number of piperidine rings is 1. The molecule has 0 saturated carbocycles. The average molecular weight is 312 g/mol. The molecule has 1 fully saturated rings. The van der Waals surface area contributed by atoms with Crippen molar-refractivity contribution in [2.75, 3.05) is 32.5 Å². The number of hydrogen-bond acceptors (Lipinski definition) is 5. The third kappa shape index (κ3) is 4.51. The topological polar surface area (TPSA) is 72.6 Å². The third-order valence-corrected chi connectivity index (χ3v) is 5.77. The van der Waals surface area contributed by atoms with Crippen LogP contribution in [0.3, 0.4) is 0 Å². The molecule has 5 nitrogen and oxygen atoms in total. The number of methoxy groups -OCH3 is 1. The van der Waals surface area contributed by atoms with E-state index < -0.39 is 9.84 Å². The first-order chi connectivity index (χ1) is 10.0. The number of nitrogens with zero attached hydrogens (tertiary/aromatic N) is 1. The molecular formula is C15H24N2O3S. The minimum absolute atomic E-state index is 0.159. The van der Waals surface area contributed by atoms with Crippen molar-refractivity contribution in [1.29, 1.82) is 0 Å². The Kier molecular flexibility index (Phi) is 5.75. The van der Waals surface area contributed by atoms with Gasteiger partial charge in [0.05, 0.1) is 16.8 Å². The SMILES string of the molecule is COC1CCN(CCS(=O)(=O)c2ccc(CN)cc2)CC1. The quantitative estimate of drug-likeness (QED) is 0.849. The number of nitrogens with two attached hydrogens (primary N) is 1. The number of ether oxygens (including phenoxy) is 1. The first-order valence-electron chi connectivity index (χ1n) is 7.32. The second-order valence-corrected chi connectivity index (χ2v) is 7.55. The van der Waals surface area contributed by atoms with Gasteiger partial charge in [-0.05, 0) is 30.5 Å². The molecule has 1 saturated heterocycles. The zero-order valence-electron chi connectivity index (χ0n) is 12.5. The van der Waals surface area contributed by atoms with Crippen LogP contribution in [0, 0.1) is 0 Å². The van der Waals surface area contributed by atoms with Gasteiger partial charge in [0.15, 0.2) is 9.84 Å². The Balaban J connectivity index is 1.89. The highest BCUT2D eigenvalue weighted by molar-refractivity contribution is 7.91. The van der Waals surface area contributed by atoms with Gasteiger partial charge in [0.1, 0.15) is 0 Å². The summed E-state index contributed by atoms with van der Waals surface area (Å²) < 4.78 is 29.9. The van der Waals surface area contributed by atoms with E-state index >= 15 is 0 Å². The summed E-state index contributed by atoms with van der Waals surface area (Å²) in [7, 11) is -1.49. The lowest BCUT2D eigenvalue weighted by Crippen LogP contribution is -2.39. The normalized spacial score (nSPS) is 18.0. The largest absolute Gasteiger partial charge is 0.381 e. The highest BCUT2D eigenvalue weighted by Crippen LogP contribution is 2.15. The molecule has 1 heterocycles. The van der Waals surface area contributed by atoms with Crippen LogP contribution in [0.2, 0.25) is 0 Å². The number of rotatable bonds is 6. The molecule has 21 heavy (non-hydrogen) atoms. The highest BCUT2D eigenvalue weighted by atomic mass is 32.2. The summed E-state index contributed by atoms with van der Waals surface area (Å²) in [6, 6.07) is 6.84. The molecule has 0 aromatic heterocycles. The third-order valence-electron chi connectivity index (χ3n) is 4.06. The Morgan fingerprint density at radius 2 is 1.86 bits per heavy atom. The van der Waals surface area contributed by atoms with Gasteiger partial charge in [-0.1, -0.05) is 12.1 Å². The van der Waals surface area contributed by atoms with Gasteiger partial charge in [0.2, 0.25) is 0 Å². The summed E-state index contributed by atoms with van der Waals surface area (Å²) in [6.45, 7) is 2.81. The molecule has 1 aliphatic heterocycles. The first kappa shape index (κ1) is 16.4. The Morgan fingerprint density at radius 1 is 1.24 bits per heavy atom. The Hall–Kier alpha value is -0.950. The summed E-state index contributed by atoms with van der Waals surface area (Å²) in [5.74, 6) is 0.159. The summed E-state index contributed by atoms with van der Waals surface area (Å²) in [6.07, 6.45) is 2.27. The Morgan fingerprint density at radius 3 is 2.38 bits per heavy atom. The second-order valence-electron chi connectivity index (χ2n) is 5.44. The summed E-state index contributed by atoms with van der Waals surface area (Å²) in [4.78, 5) is 2.58. The maximum absolute atomic E-state index is 12.3. The van der Waals surface area contributed by atoms with E-state index in [1.165, 1.54) is 0 Å². The van der Waals surface area contributed by atoms with Gasteiger partial charge in [-0.2, -0.15) is 0 Å². The van der Waals surface area contributed by atoms with Gasteiger partial charge in [-0.25, -0.2) is 8.42 Å². The van der Waals surface area contributed by atoms with Gasteiger partial charge in [-0.3, -0.25) is 0 Å². The molecule has 1 aromatic carbocycles. The molecule has 1 aromatic rings. The van der Waals surface area contributed by atoms with E-state index in [9.17, 15) is 8.42 Å². The van der Waals surface area contributed by atoms with Crippen molar-refractivity contribution in [2.45, 2.75) is 30.4 Å². The van der Waals surface area contributed by atoms with Gasteiger partial charge >= 0.3 is 0 Å². The first-order valence-corrected chi connectivity index (χ1v) is 8.97. The maximum Gasteiger partial charge on any atom is 0.179 e. The minimum Gasteiger partial charge on any atom is -0.381 e. The summed E-state index contributed by atoms with van der Waals surface area (Å²) >= 11 is 0. The lowest BCUT2D eigenvalue weighted by atomic mass is 10.1. The molecule has 0 radical (unpaired) electrons. The zero-order valence-corrected chi connectivity index (χ0v) is 13.3. The molecule has 0 bridgehead atoms. The summed E-state index contributed by atoms with van der Waals surface area (Å²) in [5.41, 5.74) is 6.46. The monoisotopic (exact) mass is 312 g/mol. The van der Waals surface area contributed by atoms with Crippen LogP contribution in [0.15, 0.2) is 29.2 Å². The molecule has 118 valence electrons. The van der Waals surface area contributed by atoms with E-state index in [0.29, 0.717) is 24.1 Å². The summed E-state index contributed by atoms with van der Waals surface area (Å²) in [5, 5.41) is 0. The van der Waals surface area contributed by atoms with Crippen LogP contribution in [0.1, 0.15) is 18.4 Å². The van der Waals surface area contributed by atoms with Gasteiger partial charge in [0, 0.05) is 33.3 Å². The molecule has 0 amide bonds. The van der Waals surface area contributed by atoms with Gasteiger partial charge in [-0.15, -0.1) is 0 Å². The van der Waals surface area contributed by atoms with Gasteiger partial charge < -0.3 is 15.4 Å². The Bertz CT molecular complexity index is 535. The number of hydrogen-bond donors (Lipinski definition) is 1. The smallest absolute Gasteiger partial charge is 0.179 e. The van der Waals surface area contributed by atoms with Crippen LogP contribution >= 0.6 is 0 Å². The standard InChI is InChI=1S/C15H24N2O3S/c1-20-14-6-8-17(9-7-14)10-11-21(18,19)15-4-2-13(12-16)3-5-15/h2-5,14H,6-12,16H2,1H3. The number of sulfone groups is 1. The molecule has 0 aliphatic carbocycles. The molecule has 2 N–H and O–H groups in total. The van der Waals surface area contributed by atoms with Crippen molar-refractivity contribution < 1.29 is 13.2 Å². The average Bonchev–Trinajstić information content (AvgIpc) is 2.53. The molecule has 6 heteroatoms. The van der Waals surface area contributed by atoms with Crippen molar-refractivity contribution >= 4 is 9.84 Å². The fourth-order valence-corrected chi connectivity index (χ4v) is 3.85. The van der Waals surface area contributed by atoms with E-state index in [-0.39, 0.29) is 5.75 Å². The van der Waals surface area contributed by atoms with E-state index in [1.807, 2.05) is 0 Å². The second kappa shape index (κ2) is 7.35. The fraction of sp³-hybridized carbons (Fsp3) is 0.600. The van der Waals surface area contributed by atoms with Crippen LogP contribution in [0.4, 0.5) is 0 Å². The minimum atomic E-state index is -3.22. The molecule has 0 atom stereocenters. The maximum atomic E-state index is 12.3. The molecular weight excluding hydrogens is 288 g/mol. The lowest BCUT2D eigenvalue weighted by Gasteiger charge is -2.30. The van der Waals surface area contributed by atoms with Crippen molar-refractivity contribution in [3.05, 3.63) is 29.8 Å². The van der Waals surface area contributed by atoms with E-state index in [0.717, 1.165) is 31.5 Å². The fourth-order valence-electron chi connectivity index (χ4n) is 2.57. The zero-order chi connectivity index (χ0) is 15.3. The predicted octanol–water partition coefficient (Wildman–Crippen LogP) is 1.03. The van der Waals surface area contributed by atoms with Crippen molar-refractivity contribution in [2.24, 2.45) is 5.73 Å². The molecule has 1 aliphatic rings. The van der Waals surface area contributed by atoms with E-state index in [2.05, 4.69) is 4.90 Å². The number of benzene rings is 1. The van der Waals surface area contributed by atoms with Crippen LogP contribution in [-0.4, -0.2) is 51.9 Å².